The van der Waals surface area contributed by atoms with Crippen molar-refractivity contribution < 1.29 is 0 Å². The molecule has 18 heavy (non-hydrogen) atoms. The fraction of sp³-hybridized carbons (Fsp3) is 0. The zero-order valence-corrected chi connectivity index (χ0v) is 9.54. The summed E-state index contributed by atoms with van der Waals surface area (Å²) >= 11 is 0. The highest BCUT2D eigenvalue weighted by atomic mass is 15.1. The van der Waals surface area contributed by atoms with Gasteiger partial charge in [0.1, 0.15) is 0 Å². The Morgan fingerprint density at radius 2 is 1.83 bits per heavy atom. The topological polar surface area (TPSA) is 66.5 Å². The molecule has 0 atom stereocenters. The van der Waals surface area contributed by atoms with E-state index in [2.05, 4.69) is 25.5 Å². The quantitative estimate of drug-likeness (QED) is 0.734. The largest absolute Gasteiger partial charge is 0.324 e. The number of rotatable bonds is 3. The molecule has 5 nitrogen and oxygen atoms in total. The molecule has 0 spiro atoms. The number of aromatic amines is 1. The summed E-state index contributed by atoms with van der Waals surface area (Å²) in [6.45, 7) is 0. The van der Waals surface area contributed by atoms with Gasteiger partial charge >= 0.3 is 0 Å². The number of hydrogen-bond donors (Lipinski definition) is 2. The van der Waals surface area contributed by atoms with Gasteiger partial charge in [-0.2, -0.15) is 5.10 Å². The monoisotopic (exact) mass is 237 g/mol. The molecular formula is C13H11N5. The first kappa shape index (κ1) is 10.5. The summed E-state index contributed by atoms with van der Waals surface area (Å²) in [6, 6.07) is 13.5. The first-order valence-electron chi connectivity index (χ1n) is 5.57. The van der Waals surface area contributed by atoms with Crippen LogP contribution in [0.3, 0.4) is 0 Å². The number of nitrogens with zero attached hydrogens (tertiary/aromatic N) is 3. The van der Waals surface area contributed by atoms with Crippen LogP contribution in [-0.4, -0.2) is 20.2 Å². The second kappa shape index (κ2) is 4.67. The summed E-state index contributed by atoms with van der Waals surface area (Å²) in [6.07, 6.45) is 3.41. The molecule has 0 unspecified atom stereocenters. The van der Waals surface area contributed by atoms with E-state index in [1.54, 1.807) is 12.4 Å². The minimum absolute atomic E-state index is 0.563. The van der Waals surface area contributed by atoms with Crippen molar-refractivity contribution in [1.29, 1.82) is 0 Å². The summed E-state index contributed by atoms with van der Waals surface area (Å²) < 4.78 is 0. The third-order valence-electron chi connectivity index (χ3n) is 2.46. The number of anilines is 2. The van der Waals surface area contributed by atoms with Crippen molar-refractivity contribution in [2.45, 2.75) is 0 Å². The highest BCUT2D eigenvalue weighted by Gasteiger charge is 2.03. The van der Waals surface area contributed by atoms with Gasteiger partial charge in [-0.15, -0.1) is 0 Å². The molecule has 3 rings (SSSR count). The number of para-hydroxylation sites is 1. The highest BCUT2D eigenvalue weighted by molar-refractivity contribution is 5.58. The molecule has 3 aromatic rings. The second-order valence-corrected chi connectivity index (χ2v) is 3.73. The van der Waals surface area contributed by atoms with Crippen LogP contribution in [0, 0.1) is 0 Å². The zero-order chi connectivity index (χ0) is 12.2. The molecule has 0 amide bonds. The van der Waals surface area contributed by atoms with Crippen molar-refractivity contribution in [2.75, 3.05) is 5.32 Å². The van der Waals surface area contributed by atoms with Crippen LogP contribution in [0.25, 0.3) is 11.4 Å². The molecule has 0 aliphatic rings. The van der Waals surface area contributed by atoms with E-state index in [0.717, 1.165) is 17.1 Å². The number of hydrogen-bond acceptors (Lipinski definition) is 4. The van der Waals surface area contributed by atoms with Crippen LogP contribution < -0.4 is 5.32 Å². The Balaban J connectivity index is 1.88. The molecule has 0 aliphatic carbocycles. The maximum absolute atomic E-state index is 4.42. The predicted molar refractivity (Wildman–Crippen MR) is 69.3 cm³/mol. The maximum Gasteiger partial charge on any atom is 0.227 e. The molecule has 0 fully saturated rings. The Labute approximate surface area is 104 Å². The van der Waals surface area contributed by atoms with Gasteiger partial charge in [-0.1, -0.05) is 18.2 Å². The van der Waals surface area contributed by atoms with E-state index in [4.69, 9.17) is 0 Å². The van der Waals surface area contributed by atoms with Crippen LogP contribution >= 0.6 is 0 Å². The predicted octanol–water partition coefficient (Wildman–Crippen LogP) is 2.61. The summed E-state index contributed by atoms with van der Waals surface area (Å²) in [4.78, 5) is 8.61. The zero-order valence-electron chi connectivity index (χ0n) is 9.54. The standard InChI is InChI=1S/C13H11N5/c1-2-4-10(5-3-1)16-13-14-8-6-11(17-13)12-7-9-15-18-12/h1-9H,(H,15,18)(H,14,16,17). The van der Waals surface area contributed by atoms with E-state index in [-0.39, 0.29) is 0 Å². The number of benzene rings is 1. The summed E-state index contributed by atoms with van der Waals surface area (Å²) in [5.74, 6) is 0.563. The fourth-order valence-corrected chi connectivity index (χ4v) is 1.62. The van der Waals surface area contributed by atoms with Crippen LogP contribution in [0.4, 0.5) is 11.6 Å². The van der Waals surface area contributed by atoms with Crippen molar-refractivity contribution in [3.05, 3.63) is 54.9 Å². The molecule has 2 heterocycles. The lowest BCUT2D eigenvalue weighted by Gasteiger charge is -2.05. The molecule has 5 heteroatoms. The van der Waals surface area contributed by atoms with Crippen LogP contribution in [0.5, 0.6) is 0 Å². The Bertz CT molecular complexity index is 619. The minimum atomic E-state index is 0.563. The van der Waals surface area contributed by atoms with E-state index in [1.807, 2.05) is 42.5 Å². The number of aromatic nitrogens is 4. The van der Waals surface area contributed by atoms with Gasteiger partial charge in [-0.05, 0) is 24.3 Å². The maximum atomic E-state index is 4.42. The SMILES string of the molecule is c1ccc(Nc2nccc(-c3ccn[nH]3)n2)cc1. The Morgan fingerprint density at radius 1 is 0.944 bits per heavy atom. The summed E-state index contributed by atoms with van der Waals surface area (Å²) in [7, 11) is 0. The van der Waals surface area contributed by atoms with Gasteiger partial charge in [-0.3, -0.25) is 5.10 Å². The van der Waals surface area contributed by atoms with E-state index in [0.29, 0.717) is 5.95 Å². The first-order valence-corrected chi connectivity index (χ1v) is 5.57. The van der Waals surface area contributed by atoms with Gasteiger partial charge in [0, 0.05) is 18.1 Å². The molecular weight excluding hydrogens is 226 g/mol. The Kier molecular flexibility index (Phi) is 2.71. The lowest BCUT2D eigenvalue weighted by Crippen LogP contribution is -1.97. The fourth-order valence-electron chi connectivity index (χ4n) is 1.62. The van der Waals surface area contributed by atoms with Crippen LogP contribution in [0.1, 0.15) is 0 Å². The van der Waals surface area contributed by atoms with Crippen LogP contribution in [-0.2, 0) is 0 Å². The van der Waals surface area contributed by atoms with Crippen LogP contribution in [0.15, 0.2) is 54.9 Å². The molecule has 0 bridgehead atoms. The van der Waals surface area contributed by atoms with Gasteiger partial charge in [0.05, 0.1) is 11.4 Å². The third kappa shape index (κ3) is 2.20. The normalized spacial score (nSPS) is 10.2. The van der Waals surface area contributed by atoms with Crippen molar-refractivity contribution in [2.24, 2.45) is 0 Å². The lowest BCUT2D eigenvalue weighted by molar-refractivity contribution is 1.08. The number of H-pyrrole nitrogens is 1. The average Bonchev–Trinajstić information content (AvgIpc) is 2.94. The smallest absolute Gasteiger partial charge is 0.227 e. The Morgan fingerprint density at radius 3 is 2.61 bits per heavy atom. The van der Waals surface area contributed by atoms with Gasteiger partial charge in [0.25, 0.3) is 0 Å². The van der Waals surface area contributed by atoms with Gasteiger partial charge < -0.3 is 5.32 Å². The summed E-state index contributed by atoms with van der Waals surface area (Å²) in [5, 5.41) is 9.93. The molecule has 0 saturated carbocycles. The summed E-state index contributed by atoms with van der Waals surface area (Å²) in [5.41, 5.74) is 2.63. The van der Waals surface area contributed by atoms with Gasteiger partial charge in [-0.25, -0.2) is 9.97 Å². The van der Waals surface area contributed by atoms with Crippen molar-refractivity contribution in [3.63, 3.8) is 0 Å². The molecule has 2 N–H and O–H groups in total. The molecule has 0 saturated heterocycles. The van der Waals surface area contributed by atoms with Crippen molar-refractivity contribution in [3.8, 4) is 11.4 Å². The highest BCUT2D eigenvalue weighted by Crippen LogP contribution is 2.16. The lowest BCUT2D eigenvalue weighted by atomic mass is 10.3. The molecule has 2 aromatic heterocycles. The second-order valence-electron chi connectivity index (χ2n) is 3.73. The van der Waals surface area contributed by atoms with Crippen LogP contribution in [0.2, 0.25) is 0 Å². The Hall–Kier alpha value is -2.69. The van der Waals surface area contributed by atoms with Gasteiger partial charge in [0.2, 0.25) is 5.95 Å². The van der Waals surface area contributed by atoms with Gasteiger partial charge in [0.15, 0.2) is 0 Å². The average molecular weight is 237 g/mol. The molecule has 0 radical (unpaired) electrons. The van der Waals surface area contributed by atoms with Crippen molar-refractivity contribution in [1.82, 2.24) is 20.2 Å². The van der Waals surface area contributed by atoms with E-state index in [9.17, 15) is 0 Å². The first-order chi connectivity index (χ1) is 8.92. The molecule has 1 aromatic carbocycles. The van der Waals surface area contributed by atoms with E-state index in [1.165, 1.54) is 0 Å². The minimum Gasteiger partial charge on any atom is -0.324 e. The van der Waals surface area contributed by atoms with Crippen molar-refractivity contribution >= 4 is 11.6 Å². The van der Waals surface area contributed by atoms with E-state index < -0.39 is 0 Å². The molecule has 0 aliphatic heterocycles. The molecule has 88 valence electrons. The number of nitrogens with one attached hydrogen (secondary N) is 2. The van der Waals surface area contributed by atoms with E-state index >= 15 is 0 Å². The third-order valence-corrected chi connectivity index (χ3v) is 2.46.